The van der Waals surface area contributed by atoms with Crippen molar-refractivity contribution >= 4 is 23.0 Å². The van der Waals surface area contributed by atoms with Crippen LogP contribution in [0.25, 0.3) is 5.82 Å². The molecule has 0 unspecified atom stereocenters. The van der Waals surface area contributed by atoms with Crippen molar-refractivity contribution in [1.82, 2.24) is 19.9 Å². The number of aromatic nitrogens is 3. The van der Waals surface area contributed by atoms with Crippen LogP contribution in [0.3, 0.4) is 0 Å². The first kappa shape index (κ1) is 20.2. The molecule has 160 valence electrons. The summed E-state index contributed by atoms with van der Waals surface area (Å²) in [6, 6.07) is 21.9. The maximum atomic E-state index is 5.82. The number of hydrogen-bond acceptors (Lipinski definition) is 4. The standard InChI is InChI=1S/C25H23N5OS/c1-17-8-13-22(27-16-17)29-15-5-7-21(29)24-23(20-6-3-4-14-26-20)28-25(32)30(24)18-9-11-19(31-2)12-10-18/h3-16,23-24H,1-2H3,(H,28,32)/t23-,24-/m1/s1. The molecule has 4 heterocycles. The van der Waals surface area contributed by atoms with E-state index in [9.17, 15) is 0 Å². The minimum Gasteiger partial charge on any atom is -0.497 e. The molecule has 1 fully saturated rings. The summed E-state index contributed by atoms with van der Waals surface area (Å²) in [6.45, 7) is 2.04. The summed E-state index contributed by atoms with van der Waals surface area (Å²) < 4.78 is 7.46. The highest BCUT2D eigenvalue weighted by Gasteiger charge is 2.42. The second-order valence-electron chi connectivity index (χ2n) is 7.69. The number of benzene rings is 1. The highest BCUT2D eigenvalue weighted by atomic mass is 32.1. The fourth-order valence-electron chi connectivity index (χ4n) is 4.12. The van der Waals surface area contributed by atoms with Crippen molar-refractivity contribution in [2.75, 3.05) is 12.0 Å². The van der Waals surface area contributed by atoms with E-state index in [1.165, 1.54) is 0 Å². The number of nitrogens with zero attached hydrogens (tertiary/aromatic N) is 4. The Morgan fingerprint density at radius 3 is 2.50 bits per heavy atom. The molecule has 0 bridgehead atoms. The van der Waals surface area contributed by atoms with Gasteiger partial charge in [-0.05, 0) is 79.3 Å². The first-order valence-corrected chi connectivity index (χ1v) is 10.8. The third kappa shape index (κ3) is 3.61. The lowest BCUT2D eigenvalue weighted by Crippen LogP contribution is -2.30. The summed E-state index contributed by atoms with van der Waals surface area (Å²) in [7, 11) is 1.67. The molecule has 4 aromatic rings. The predicted molar refractivity (Wildman–Crippen MR) is 129 cm³/mol. The van der Waals surface area contributed by atoms with Gasteiger partial charge in [-0.3, -0.25) is 4.98 Å². The zero-order valence-corrected chi connectivity index (χ0v) is 18.7. The highest BCUT2D eigenvalue weighted by Crippen LogP contribution is 2.42. The minimum absolute atomic E-state index is 0.120. The highest BCUT2D eigenvalue weighted by molar-refractivity contribution is 7.80. The summed E-state index contributed by atoms with van der Waals surface area (Å²) in [5.74, 6) is 1.67. The van der Waals surface area contributed by atoms with E-state index in [0.717, 1.165) is 34.2 Å². The topological polar surface area (TPSA) is 55.2 Å². The molecule has 6 nitrogen and oxygen atoms in total. The van der Waals surface area contributed by atoms with Crippen LogP contribution in [0.2, 0.25) is 0 Å². The van der Waals surface area contributed by atoms with Crippen LogP contribution < -0.4 is 15.0 Å². The fourth-order valence-corrected chi connectivity index (χ4v) is 4.47. The molecule has 2 atom stereocenters. The van der Waals surface area contributed by atoms with Crippen LogP contribution in [-0.4, -0.2) is 26.8 Å². The normalized spacial score (nSPS) is 17.9. The van der Waals surface area contributed by atoms with Gasteiger partial charge in [0.25, 0.3) is 0 Å². The molecule has 1 N–H and O–H groups in total. The van der Waals surface area contributed by atoms with Gasteiger partial charge in [-0.25, -0.2) is 4.98 Å². The summed E-state index contributed by atoms with van der Waals surface area (Å²) in [5.41, 5.74) is 4.11. The smallest absolute Gasteiger partial charge is 0.174 e. The van der Waals surface area contributed by atoms with Crippen molar-refractivity contribution in [3.05, 3.63) is 102 Å². The van der Waals surface area contributed by atoms with Crippen LogP contribution in [0.1, 0.15) is 29.0 Å². The van der Waals surface area contributed by atoms with E-state index in [-0.39, 0.29) is 12.1 Å². The number of pyridine rings is 2. The van der Waals surface area contributed by atoms with Gasteiger partial charge in [-0.1, -0.05) is 12.1 Å². The number of anilines is 1. The molecule has 0 radical (unpaired) electrons. The third-order valence-electron chi connectivity index (χ3n) is 5.67. The van der Waals surface area contributed by atoms with Gasteiger partial charge in [0.05, 0.1) is 18.8 Å². The van der Waals surface area contributed by atoms with E-state index in [0.29, 0.717) is 5.11 Å². The Hall–Kier alpha value is -3.71. The van der Waals surface area contributed by atoms with Crippen molar-refractivity contribution in [1.29, 1.82) is 0 Å². The molecule has 1 saturated heterocycles. The molecule has 3 aromatic heterocycles. The summed E-state index contributed by atoms with van der Waals surface area (Å²) in [5, 5.41) is 4.16. The second-order valence-corrected chi connectivity index (χ2v) is 8.08. The average molecular weight is 442 g/mol. The van der Waals surface area contributed by atoms with Crippen LogP contribution >= 0.6 is 12.2 Å². The van der Waals surface area contributed by atoms with E-state index >= 15 is 0 Å². The minimum atomic E-state index is -0.121. The van der Waals surface area contributed by atoms with Crippen LogP contribution in [0, 0.1) is 6.92 Å². The van der Waals surface area contributed by atoms with Crippen molar-refractivity contribution < 1.29 is 4.74 Å². The monoisotopic (exact) mass is 441 g/mol. The quantitative estimate of drug-likeness (QED) is 0.451. The molecule has 5 rings (SSSR count). The number of hydrogen-bond donors (Lipinski definition) is 1. The number of methoxy groups -OCH3 is 1. The molecular weight excluding hydrogens is 418 g/mol. The molecule has 1 aliphatic rings. The number of aryl methyl sites for hydroxylation is 1. The van der Waals surface area contributed by atoms with Gasteiger partial charge in [0, 0.05) is 30.0 Å². The van der Waals surface area contributed by atoms with Crippen molar-refractivity contribution in [3.63, 3.8) is 0 Å². The van der Waals surface area contributed by atoms with Crippen LogP contribution in [0.5, 0.6) is 5.75 Å². The summed E-state index contributed by atoms with van der Waals surface area (Å²) >= 11 is 5.82. The molecule has 32 heavy (non-hydrogen) atoms. The van der Waals surface area contributed by atoms with Crippen molar-refractivity contribution in [2.24, 2.45) is 0 Å². The Labute approximate surface area is 192 Å². The predicted octanol–water partition coefficient (Wildman–Crippen LogP) is 4.76. The van der Waals surface area contributed by atoms with Gasteiger partial charge in [-0.2, -0.15) is 0 Å². The largest absolute Gasteiger partial charge is 0.497 e. The van der Waals surface area contributed by atoms with Gasteiger partial charge in [0.2, 0.25) is 0 Å². The zero-order valence-electron chi connectivity index (χ0n) is 17.8. The average Bonchev–Trinajstić information content (AvgIpc) is 3.44. The molecule has 1 aromatic carbocycles. The Kier molecular flexibility index (Phi) is 5.33. The Bertz CT molecular complexity index is 1220. The zero-order chi connectivity index (χ0) is 22.1. The van der Waals surface area contributed by atoms with E-state index in [2.05, 4.69) is 36.9 Å². The van der Waals surface area contributed by atoms with E-state index in [1.807, 2.05) is 80.1 Å². The Morgan fingerprint density at radius 1 is 0.969 bits per heavy atom. The number of rotatable bonds is 5. The molecular formula is C25H23N5OS. The lowest BCUT2D eigenvalue weighted by molar-refractivity contribution is 0.415. The first-order chi connectivity index (χ1) is 15.7. The number of thiocarbonyl (C=S) groups is 1. The molecule has 0 aliphatic carbocycles. The van der Waals surface area contributed by atoms with Crippen molar-refractivity contribution in [2.45, 2.75) is 19.0 Å². The van der Waals surface area contributed by atoms with Crippen molar-refractivity contribution in [3.8, 4) is 11.6 Å². The van der Waals surface area contributed by atoms with Crippen LogP contribution in [0.4, 0.5) is 5.69 Å². The molecule has 0 amide bonds. The first-order valence-electron chi connectivity index (χ1n) is 10.4. The van der Waals surface area contributed by atoms with Gasteiger partial charge in [0.15, 0.2) is 5.11 Å². The SMILES string of the molecule is COc1ccc(N2C(=S)N[C@H](c3ccccn3)[C@H]2c2cccn2-c2ccc(C)cn2)cc1. The summed E-state index contributed by atoms with van der Waals surface area (Å²) in [6.07, 6.45) is 5.73. The molecule has 1 aliphatic heterocycles. The van der Waals surface area contributed by atoms with E-state index in [1.54, 1.807) is 7.11 Å². The lowest BCUT2D eigenvalue weighted by atomic mass is 10.0. The van der Waals surface area contributed by atoms with Gasteiger partial charge in [-0.15, -0.1) is 0 Å². The molecule has 0 spiro atoms. The Morgan fingerprint density at radius 2 is 1.81 bits per heavy atom. The molecule has 0 saturated carbocycles. The van der Waals surface area contributed by atoms with E-state index < -0.39 is 0 Å². The molecule has 7 heteroatoms. The van der Waals surface area contributed by atoms with Crippen LogP contribution in [0.15, 0.2) is 85.3 Å². The second kappa shape index (κ2) is 8.43. The van der Waals surface area contributed by atoms with Gasteiger partial charge < -0.3 is 19.5 Å². The van der Waals surface area contributed by atoms with Crippen LogP contribution in [-0.2, 0) is 0 Å². The maximum absolute atomic E-state index is 5.82. The number of ether oxygens (including phenoxy) is 1. The lowest BCUT2D eigenvalue weighted by Gasteiger charge is -2.29. The fraction of sp³-hybridized carbons (Fsp3) is 0.160. The number of nitrogens with one attached hydrogen (secondary N) is 1. The maximum Gasteiger partial charge on any atom is 0.174 e. The Balaban J connectivity index is 1.64. The summed E-state index contributed by atoms with van der Waals surface area (Å²) in [4.78, 5) is 11.4. The van der Waals surface area contributed by atoms with E-state index in [4.69, 9.17) is 17.0 Å². The third-order valence-corrected chi connectivity index (χ3v) is 5.99. The van der Waals surface area contributed by atoms with Gasteiger partial charge >= 0.3 is 0 Å². The van der Waals surface area contributed by atoms with Gasteiger partial charge in [0.1, 0.15) is 17.6 Å².